The molecule has 0 aliphatic rings. The zero-order valence-electron chi connectivity index (χ0n) is 10.9. The van der Waals surface area contributed by atoms with E-state index in [-0.39, 0.29) is 4.90 Å². The first-order chi connectivity index (χ1) is 9.29. The molecule has 1 unspecified atom stereocenters. The lowest BCUT2D eigenvalue weighted by Gasteiger charge is -2.12. The topological polar surface area (TPSA) is 98.2 Å². The molecule has 0 aliphatic heterocycles. The Morgan fingerprint density at radius 3 is 2.70 bits per heavy atom. The van der Waals surface area contributed by atoms with Gasteiger partial charge >= 0.3 is 0 Å². The van der Waals surface area contributed by atoms with Gasteiger partial charge in [-0.2, -0.15) is 4.72 Å². The quantitative estimate of drug-likeness (QED) is 0.816. The Morgan fingerprint density at radius 1 is 1.45 bits per heavy atom. The Hall–Kier alpha value is -1.38. The Morgan fingerprint density at radius 2 is 2.15 bits per heavy atom. The standard InChI is InChI=1S/C12H14BrN3O3S/c1-7-6-15-12(19-7)8(2)16-20(17,18)11-4-3-9(14)5-10(11)13/h3-6,8,16H,14H2,1-2H3. The summed E-state index contributed by atoms with van der Waals surface area (Å²) in [6.07, 6.45) is 1.54. The van der Waals surface area contributed by atoms with Gasteiger partial charge in [0, 0.05) is 10.2 Å². The van der Waals surface area contributed by atoms with Crippen molar-refractivity contribution in [3.63, 3.8) is 0 Å². The maximum atomic E-state index is 12.3. The Bertz CT molecular complexity index is 727. The molecule has 0 saturated heterocycles. The van der Waals surface area contributed by atoms with E-state index in [9.17, 15) is 8.42 Å². The molecule has 0 fully saturated rings. The minimum absolute atomic E-state index is 0.113. The molecule has 0 amide bonds. The monoisotopic (exact) mass is 359 g/mol. The lowest BCUT2D eigenvalue weighted by molar-refractivity contribution is 0.427. The molecule has 1 aromatic heterocycles. The maximum absolute atomic E-state index is 12.3. The molecule has 20 heavy (non-hydrogen) atoms. The molecular weight excluding hydrogens is 346 g/mol. The van der Waals surface area contributed by atoms with Gasteiger partial charge in [-0.1, -0.05) is 0 Å². The van der Waals surface area contributed by atoms with Gasteiger partial charge in [-0.15, -0.1) is 0 Å². The van der Waals surface area contributed by atoms with Gasteiger partial charge in [-0.3, -0.25) is 0 Å². The van der Waals surface area contributed by atoms with Crippen molar-refractivity contribution < 1.29 is 12.8 Å². The number of oxazole rings is 1. The average Bonchev–Trinajstić information content (AvgIpc) is 2.74. The molecule has 2 aromatic rings. The van der Waals surface area contributed by atoms with E-state index in [1.54, 1.807) is 20.0 Å². The van der Waals surface area contributed by atoms with Gasteiger partial charge in [0.05, 0.1) is 17.1 Å². The van der Waals surface area contributed by atoms with Crippen molar-refractivity contribution in [2.75, 3.05) is 5.73 Å². The SMILES string of the molecule is Cc1cnc(C(C)NS(=O)(=O)c2ccc(N)cc2Br)o1. The summed E-state index contributed by atoms with van der Waals surface area (Å²) in [5.74, 6) is 0.942. The van der Waals surface area contributed by atoms with Crippen LogP contribution in [-0.2, 0) is 10.0 Å². The van der Waals surface area contributed by atoms with Crippen LogP contribution in [0.5, 0.6) is 0 Å². The number of benzene rings is 1. The number of sulfonamides is 1. The molecule has 1 atom stereocenters. The van der Waals surface area contributed by atoms with Crippen molar-refractivity contribution in [3.05, 3.63) is 40.5 Å². The fourth-order valence-electron chi connectivity index (χ4n) is 1.65. The fourth-order valence-corrected chi connectivity index (χ4v) is 3.95. The summed E-state index contributed by atoms with van der Waals surface area (Å²) in [5.41, 5.74) is 6.07. The highest BCUT2D eigenvalue weighted by atomic mass is 79.9. The number of anilines is 1. The van der Waals surface area contributed by atoms with Gasteiger partial charge in [0.2, 0.25) is 15.9 Å². The molecule has 108 valence electrons. The van der Waals surface area contributed by atoms with Gasteiger partial charge in [0.25, 0.3) is 0 Å². The molecule has 0 aliphatic carbocycles. The van der Waals surface area contributed by atoms with E-state index in [1.807, 2.05) is 0 Å². The maximum Gasteiger partial charge on any atom is 0.242 e. The van der Waals surface area contributed by atoms with E-state index in [2.05, 4.69) is 25.6 Å². The number of hydrogen-bond acceptors (Lipinski definition) is 5. The summed E-state index contributed by atoms with van der Waals surface area (Å²) in [5, 5.41) is 0. The molecule has 3 N–H and O–H groups in total. The highest BCUT2D eigenvalue weighted by Gasteiger charge is 2.23. The number of nitrogens with two attached hydrogens (primary N) is 1. The minimum atomic E-state index is -3.70. The van der Waals surface area contributed by atoms with Crippen molar-refractivity contribution in [1.82, 2.24) is 9.71 Å². The molecule has 0 radical (unpaired) electrons. The minimum Gasteiger partial charge on any atom is -0.444 e. The van der Waals surface area contributed by atoms with Crippen molar-refractivity contribution in [2.45, 2.75) is 24.8 Å². The van der Waals surface area contributed by atoms with Crippen LogP contribution in [0, 0.1) is 6.92 Å². The first-order valence-corrected chi connectivity index (χ1v) is 8.07. The third-order valence-corrected chi connectivity index (χ3v) is 5.10. The van der Waals surface area contributed by atoms with Crippen LogP contribution in [0.1, 0.15) is 24.6 Å². The first kappa shape index (κ1) is 15.0. The van der Waals surface area contributed by atoms with Crippen LogP contribution in [0.3, 0.4) is 0 Å². The Kier molecular flexibility index (Phi) is 4.17. The normalized spacial score (nSPS) is 13.3. The van der Waals surface area contributed by atoms with Gasteiger partial charge < -0.3 is 10.2 Å². The molecular formula is C12H14BrN3O3S. The van der Waals surface area contributed by atoms with Gasteiger partial charge in [-0.25, -0.2) is 13.4 Å². The predicted octanol–water partition coefficient (Wildman–Crippen LogP) is 2.37. The van der Waals surface area contributed by atoms with Crippen LogP contribution in [0.15, 0.2) is 38.2 Å². The number of nitrogens with zero attached hydrogens (tertiary/aromatic N) is 1. The summed E-state index contributed by atoms with van der Waals surface area (Å²) in [7, 11) is -3.70. The summed E-state index contributed by atoms with van der Waals surface area (Å²) in [6.45, 7) is 3.41. The average molecular weight is 360 g/mol. The van der Waals surface area contributed by atoms with Crippen LogP contribution < -0.4 is 10.5 Å². The number of hydrogen-bond donors (Lipinski definition) is 2. The second-order valence-corrected chi connectivity index (χ2v) is 6.88. The lowest BCUT2D eigenvalue weighted by Crippen LogP contribution is -2.27. The van der Waals surface area contributed by atoms with Crippen molar-refractivity contribution in [3.8, 4) is 0 Å². The zero-order valence-corrected chi connectivity index (χ0v) is 13.3. The summed E-state index contributed by atoms with van der Waals surface area (Å²) < 4.78 is 32.8. The molecule has 8 heteroatoms. The molecule has 0 spiro atoms. The second kappa shape index (κ2) is 5.55. The van der Waals surface area contributed by atoms with Gasteiger partial charge in [0.1, 0.15) is 5.76 Å². The summed E-state index contributed by atoms with van der Waals surface area (Å²) >= 11 is 3.19. The van der Waals surface area contributed by atoms with E-state index in [0.717, 1.165) is 0 Å². The van der Waals surface area contributed by atoms with Crippen molar-refractivity contribution >= 4 is 31.6 Å². The van der Waals surface area contributed by atoms with E-state index < -0.39 is 16.1 Å². The molecule has 1 aromatic carbocycles. The smallest absolute Gasteiger partial charge is 0.242 e. The lowest BCUT2D eigenvalue weighted by atomic mass is 10.3. The highest BCUT2D eigenvalue weighted by molar-refractivity contribution is 9.10. The van der Waals surface area contributed by atoms with Crippen molar-refractivity contribution in [1.29, 1.82) is 0 Å². The fraction of sp³-hybridized carbons (Fsp3) is 0.250. The number of rotatable bonds is 4. The van der Waals surface area contributed by atoms with Crippen LogP contribution in [-0.4, -0.2) is 13.4 Å². The van der Waals surface area contributed by atoms with Gasteiger partial charge in [0.15, 0.2) is 0 Å². The zero-order chi connectivity index (χ0) is 14.9. The van der Waals surface area contributed by atoms with E-state index in [0.29, 0.717) is 21.8 Å². The second-order valence-electron chi connectivity index (χ2n) is 4.34. The summed E-state index contributed by atoms with van der Waals surface area (Å²) in [4.78, 5) is 4.12. The van der Waals surface area contributed by atoms with Gasteiger partial charge in [-0.05, 0) is 48.0 Å². The number of halogens is 1. The summed E-state index contributed by atoms with van der Waals surface area (Å²) in [6, 6.07) is 3.93. The van der Waals surface area contributed by atoms with Crippen LogP contribution in [0.2, 0.25) is 0 Å². The predicted molar refractivity (Wildman–Crippen MR) is 78.5 cm³/mol. The highest BCUT2D eigenvalue weighted by Crippen LogP contribution is 2.25. The Balaban J connectivity index is 2.27. The number of aryl methyl sites for hydroxylation is 1. The number of nitrogens with one attached hydrogen (secondary N) is 1. The molecule has 1 heterocycles. The molecule has 0 bridgehead atoms. The third kappa shape index (κ3) is 3.20. The molecule has 0 saturated carbocycles. The third-order valence-electron chi connectivity index (χ3n) is 2.59. The van der Waals surface area contributed by atoms with Crippen LogP contribution >= 0.6 is 15.9 Å². The largest absolute Gasteiger partial charge is 0.444 e. The molecule has 6 nitrogen and oxygen atoms in total. The van der Waals surface area contributed by atoms with Crippen LogP contribution in [0.25, 0.3) is 0 Å². The van der Waals surface area contributed by atoms with Crippen LogP contribution in [0.4, 0.5) is 5.69 Å². The number of nitrogen functional groups attached to an aromatic ring is 1. The first-order valence-electron chi connectivity index (χ1n) is 5.79. The van der Waals surface area contributed by atoms with E-state index >= 15 is 0 Å². The Labute approximate surface area is 125 Å². The number of aromatic nitrogens is 1. The van der Waals surface area contributed by atoms with E-state index in [4.69, 9.17) is 10.2 Å². The van der Waals surface area contributed by atoms with Crippen molar-refractivity contribution in [2.24, 2.45) is 0 Å². The molecule has 2 rings (SSSR count). The van der Waals surface area contributed by atoms with E-state index in [1.165, 1.54) is 18.2 Å².